The van der Waals surface area contributed by atoms with Gasteiger partial charge < -0.3 is 9.88 Å². The fourth-order valence-electron chi connectivity index (χ4n) is 2.56. The van der Waals surface area contributed by atoms with Crippen molar-refractivity contribution in [1.29, 1.82) is 0 Å². The predicted octanol–water partition coefficient (Wildman–Crippen LogP) is 4.87. The monoisotopic (exact) mass is 433 g/mol. The third kappa shape index (κ3) is 5.15. The molecule has 0 saturated heterocycles. The Hall–Kier alpha value is -1.84. The quantitative estimate of drug-likeness (QED) is 0.363. The molecule has 0 saturated carbocycles. The van der Waals surface area contributed by atoms with E-state index in [4.69, 9.17) is 0 Å². The van der Waals surface area contributed by atoms with Crippen LogP contribution < -0.4 is 5.32 Å². The van der Waals surface area contributed by atoms with Crippen LogP contribution in [0.1, 0.15) is 26.1 Å². The summed E-state index contributed by atoms with van der Waals surface area (Å²) in [7, 11) is 0. The van der Waals surface area contributed by atoms with Gasteiger partial charge in [0, 0.05) is 24.4 Å². The van der Waals surface area contributed by atoms with Gasteiger partial charge in [-0.3, -0.25) is 4.79 Å². The maximum atomic E-state index is 12.4. The normalized spacial score (nSPS) is 11.1. The number of amides is 1. The van der Waals surface area contributed by atoms with Crippen molar-refractivity contribution < 1.29 is 4.79 Å². The van der Waals surface area contributed by atoms with Crippen molar-refractivity contribution in [3.63, 3.8) is 0 Å². The Morgan fingerprint density at radius 2 is 2.18 bits per heavy atom. The summed E-state index contributed by atoms with van der Waals surface area (Å²) < 4.78 is 4.15. The van der Waals surface area contributed by atoms with Crippen LogP contribution in [0.15, 0.2) is 40.4 Å². The summed E-state index contributed by atoms with van der Waals surface area (Å²) in [5.41, 5.74) is 1.76. The summed E-state index contributed by atoms with van der Waals surface area (Å²) in [5, 5.41) is 12.1. The van der Waals surface area contributed by atoms with Crippen LogP contribution in [-0.4, -0.2) is 37.2 Å². The molecule has 1 N–H and O–H groups in total. The molecular formula is C19H23N5OS3. The van der Waals surface area contributed by atoms with E-state index < -0.39 is 0 Å². The third-order valence-corrected chi connectivity index (χ3v) is 7.17. The average Bonchev–Trinajstić information content (AvgIpc) is 3.28. The van der Waals surface area contributed by atoms with Crippen molar-refractivity contribution >= 4 is 56.7 Å². The molecule has 0 aliphatic carbocycles. The molecule has 0 aliphatic rings. The van der Waals surface area contributed by atoms with Crippen LogP contribution >= 0.6 is 34.9 Å². The molecule has 3 aromatic rings. The Morgan fingerprint density at radius 3 is 2.93 bits per heavy atom. The predicted molar refractivity (Wildman–Crippen MR) is 120 cm³/mol. The van der Waals surface area contributed by atoms with E-state index in [-0.39, 0.29) is 11.7 Å². The molecule has 0 fully saturated rings. The summed E-state index contributed by atoms with van der Waals surface area (Å²) in [6.07, 6.45) is 3.73. The lowest BCUT2D eigenvalue weighted by atomic mass is 10.3. The largest absolute Gasteiger partial charge is 0.325 e. The Bertz CT molecular complexity index is 966. The number of nitrogens with one attached hydrogen (secondary N) is 1. The van der Waals surface area contributed by atoms with Gasteiger partial charge in [0.25, 0.3) is 0 Å². The smallest absolute Gasteiger partial charge is 0.234 e. The number of anilines is 1. The van der Waals surface area contributed by atoms with Gasteiger partial charge in [-0.2, -0.15) is 0 Å². The number of aromatic nitrogens is 4. The molecule has 0 bridgehead atoms. The van der Waals surface area contributed by atoms with Crippen molar-refractivity contribution in [2.24, 2.45) is 0 Å². The average molecular weight is 434 g/mol. The number of hydrogen-bond donors (Lipinski definition) is 1. The summed E-state index contributed by atoms with van der Waals surface area (Å²) >= 11 is 4.82. The number of carbonyl (C=O) groups excluding carboxylic acids is 1. The number of hydrogen-bond acceptors (Lipinski definition) is 7. The van der Waals surface area contributed by atoms with E-state index in [9.17, 15) is 4.79 Å². The number of fused-ring (bicyclic) bond motifs is 1. The molecule has 6 nitrogen and oxygen atoms in total. The molecule has 9 heteroatoms. The van der Waals surface area contributed by atoms with Gasteiger partial charge >= 0.3 is 0 Å². The number of rotatable bonds is 10. The maximum absolute atomic E-state index is 12.4. The van der Waals surface area contributed by atoms with E-state index in [2.05, 4.69) is 34.0 Å². The number of thioether (sulfide) groups is 2. The van der Waals surface area contributed by atoms with Gasteiger partial charge in [0.05, 0.1) is 16.0 Å². The Balaban J connectivity index is 1.61. The van der Waals surface area contributed by atoms with E-state index >= 15 is 0 Å². The summed E-state index contributed by atoms with van der Waals surface area (Å²) in [4.78, 5) is 17.0. The van der Waals surface area contributed by atoms with Crippen LogP contribution in [0, 0.1) is 0 Å². The first-order valence-corrected chi connectivity index (χ1v) is 11.9. The summed E-state index contributed by atoms with van der Waals surface area (Å²) in [6.45, 7) is 8.61. The van der Waals surface area contributed by atoms with Gasteiger partial charge in [0.15, 0.2) is 9.50 Å². The lowest BCUT2D eigenvalue weighted by molar-refractivity contribution is -0.113. The highest BCUT2D eigenvalue weighted by atomic mass is 32.2. The first kappa shape index (κ1) is 20.9. The molecule has 1 amide bonds. The standard InChI is InChI=1S/C19H23N5OS3/c1-4-9-24-16(6-3)22-23-18(24)27-12-17(25)20-13-7-8-14-15(11-13)28-19(21-14)26-10-5-2/h4,7-8,11H,1,5-6,9-10,12H2,2-3H3,(H,20,25). The van der Waals surface area contributed by atoms with E-state index in [1.165, 1.54) is 11.8 Å². The molecule has 148 valence electrons. The summed E-state index contributed by atoms with van der Waals surface area (Å²) in [6, 6.07) is 5.84. The van der Waals surface area contributed by atoms with Gasteiger partial charge in [-0.15, -0.1) is 28.1 Å². The second-order valence-electron chi connectivity index (χ2n) is 6.00. The first-order chi connectivity index (χ1) is 13.6. The van der Waals surface area contributed by atoms with Gasteiger partial charge in [-0.05, 0) is 24.6 Å². The van der Waals surface area contributed by atoms with Crippen LogP contribution in [0.4, 0.5) is 5.69 Å². The Morgan fingerprint density at radius 1 is 1.32 bits per heavy atom. The Labute approximate surface area is 177 Å². The lowest BCUT2D eigenvalue weighted by Gasteiger charge is -2.07. The minimum absolute atomic E-state index is 0.0688. The molecule has 1 aromatic carbocycles. The van der Waals surface area contributed by atoms with E-state index in [1.807, 2.05) is 35.8 Å². The molecule has 0 atom stereocenters. The number of thiazole rings is 1. The highest BCUT2D eigenvalue weighted by Gasteiger charge is 2.13. The molecule has 0 aliphatic heterocycles. The van der Waals surface area contributed by atoms with E-state index in [0.717, 1.165) is 49.8 Å². The molecule has 2 aromatic heterocycles. The van der Waals surface area contributed by atoms with Gasteiger partial charge in [0.2, 0.25) is 5.91 Å². The van der Waals surface area contributed by atoms with Crippen LogP contribution in [0.25, 0.3) is 10.2 Å². The van der Waals surface area contributed by atoms with Crippen molar-refractivity contribution in [3.05, 3.63) is 36.7 Å². The first-order valence-electron chi connectivity index (χ1n) is 9.13. The molecule has 0 spiro atoms. The molecule has 0 radical (unpaired) electrons. The fourth-order valence-corrected chi connectivity index (χ4v) is 5.36. The molecular weight excluding hydrogens is 410 g/mol. The maximum Gasteiger partial charge on any atom is 0.234 e. The number of nitrogens with zero attached hydrogens (tertiary/aromatic N) is 4. The number of carbonyl (C=O) groups is 1. The highest BCUT2D eigenvalue weighted by molar-refractivity contribution is 8.01. The third-order valence-electron chi connectivity index (χ3n) is 3.84. The second kappa shape index (κ2) is 10.1. The fraction of sp³-hybridized carbons (Fsp3) is 0.368. The summed E-state index contributed by atoms with van der Waals surface area (Å²) in [5.74, 6) is 2.17. The van der Waals surface area contributed by atoms with Crippen molar-refractivity contribution in [2.75, 3.05) is 16.8 Å². The van der Waals surface area contributed by atoms with Crippen molar-refractivity contribution in [2.45, 2.75) is 42.7 Å². The minimum atomic E-state index is -0.0688. The molecule has 3 rings (SSSR count). The molecule has 2 heterocycles. The second-order valence-corrected chi connectivity index (χ2v) is 9.31. The zero-order chi connectivity index (χ0) is 19.9. The van der Waals surface area contributed by atoms with Crippen LogP contribution in [-0.2, 0) is 17.8 Å². The van der Waals surface area contributed by atoms with Gasteiger partial charge in [0.1, 0.15) is 5.82 Å². The minimum Gasteiger partial charge on any atom is -0.325 e. The van der Waals surface area contributed by atoms with Crippen molar-refractivity contribution in [1.82, 2.24) is 19.7 Å². The SMILES string of the molecule is C=CCn1c(CC)nnc1SCC(=O)Nc1ccc2nc(SCCC)sc2c1. The molecule has 28 heavy (non-hydrogen) atoms. The van der Waals surface area contributed by atoms with E-state index in [1.54, 1.807) is 23.1 Å². The van der Waals surface area contributed by atoms with E-state index in [0.29, 0.717) is 6.54 Å². The highest BCUT2D eigenvalue weighted by Crippen LogP contribution is 2.31. The topological polar surface area (TPSA) is 72.7 Å². The zero-order valence-electron chi connectivity index (χ0n) is 16.0. The van der Waals surface area contributed by atoms with Crippen LogP contribution in [0.5, 0.6) is 0 Å². The van der Waals surface area contributed by atoms with Crippen molar-refractivity contribution in [3.8, 4) is 0 Å². The van der Waals surface area contributed by atoms with Gasteiger partial charge in [-0.1, -0.05) is 43.4 Å². The van der Waals surface area contributed by atoms with Crippen LogP contribution in [0.2, 0.25) is 0 Å². The number of benzene rings is 1. The van der Waals surface area contributed by atoms with Gasteiger partial charge in [-0.25, -0.2) is 4.98 Å². The van der Waals surface area contributed by atoms with Crippen LogP contribution in [0.3, 0.4) is 0 Å². The molecule has 0 unspecified atom stereocenters. The zero-order valence-corrected chi connectivity index (χ0v) is 18.4. The number of allylic oxidation sites excluding steroid dienone is 1. The number of aryl methyl sites for hydroxylation is 1. The Kier molecular flexibility index (Phi) is 7.52. The lowest BCUT2D eigenvalue weighted by Crippen LogP contribution is -2.14.